The second-order valence-electron chi connectivity index (χ2n) is 6.50. The highest BCUT2D eigenvalue weighted by atomic mass is 32.1. The molecule has 1 saturated heterocycles. The van der Waals surface area contributed by atoms with Gasteiger partial charge >= 0.3 is 0 Å². The lowest BCUT2D eigenvalue weighted by atomic mass is 9.81. The van der Waals surface area contributed by atoms with Crippen molar-refractivity contribution < 1.29 is 4.74 Å². The predicted molar refractivity (Wildman–Crippen MR) is 86.3 cm³/mol. The standard InChI is InChI=1S/C16H28N2OS/c1-14(2)17-11-16(6-4-7-19-13-16)12-18(3)9-15-5-8-20-10-15/h5,8,10,14,17H,4,6-7,9,11-13H2,1-3H3. The van der Waals surface area contributed by atoms with Gasteiger partial charge in [0, 0.05) is 37.7 Å². The number of nitrogens with one attached hydrogen (secondary N) is 1. The lowest BCUT2D eigenvalue weighted by Crippen LogP contribution is -2.49. The SMILES string of the molecule is CC(C)NCC1(CN(C)Cc2ccsc2)CCCOC1. The van der Waals surface area contributed by atoms with E-state index in [-0.39, 0.29) is 5.41 Å². The highest BCUT2D eigenvalue weighted by Gasteiger charge is 2.34. The van der Waals surface area contributed by atoms with Gasteiger partial charge in [0.15, 0.2) is 0 Å². The number of ether oxygens (including phenoxy) is 1. The monoisotopic (exact) mass is 296 g/mol. The van der Waals surface area contributed by atoms with Crippen molar-refractivity contribution in [3.05, 3.63) is 22.4 Å². The lowest BCUT2D eigenvalue weighted by molar-refractivity contribution is -0.0245. The van der Waals surface area contributed by atoms with Crippen molar-refractivity contribution in [2.45, 2.75) is 39.3 Å². The van der Waals surface area contributed by atoms with Crippen LogP contribution < -0.4 is 5.32 Å². The van der Waals surface area contributed by atoms with Crippen LogP contribution in [0.15, 0.2) is 16.8 Å². The summed E-state index contributed by atoms with van der Waals surface area (Å²) in [4.78, 5) is 2.44. The van der Waals surface area contributed by atoms with E-state index in [2.05, 4.69) is 47.9 Å². The van der Waals surface area contributed by atoms with Crippen molar-refractivity contribution in [2.24, 2.45) is 5.41 Å². The Morgan fingerprint density at radius 3 is 2.95 bits per heavy atom. The third-order valence-corrected chi connectivity index (χ3v) is 4.66. The summed E-state index contributed by atoms with van der Waals surface area (Å²) in [5.41, 5.74) is 1.69. The van der Waals surface area contributed by atoms with Gasteiger partial charge in [-0.25, -0.2) is 0 Å². The minimum atomic E-state index is 0.271. The van der Waals surface area contributed by atoms with Crippen molar-refractivity contribution in [2.75, 3.05) is 33.4 Å². The van der Waals surface area contributed by atoms with Crippen molar-refractivity contribution in [1.29, 1.82) is 0 Å². The average molecular weight is 296 g/mol. The van der Waals surface area contributed by atoms with Crippen LogP contribution in [-0.2, 0) is 11.3 Å². The van der Waals surface area contributed by atoms with Crippen LogP contribution in [-0.4, -0.2) is 44.3 Å². The van der Waals surface area contributed by atoms with Crippen molar-refractivity contribution in [3.8, 4) is 0 Å². The molecule has 0 aromatic carbocycles. The van der Waals surface area contributed by atoms with Crippen molar-refractivity contribution in [1.82, 2.24) is 10.2 Å². The molecule has 1 fully saturated rings. The van der Waals surface area contributed by atoms with E-state index in [0.717, 1.165) is 32.8 Å². The molecular weight excluding hydrogens is 268 g/mol. The van der Waals surface area contributed by atoms with Gasteiger partial charge in [-0.15, -0.1) is 0 Å². The van der Waals surface area contributed by atoms with Gasteiger partial charge in [0.2, 0.25) is 0 Å². The molecule has 1 unspecified atom stereocenters. The first-order valence-corrected chi connectivity index (χ1v) is 8.55. The highest BCUT2D eigenvalue weighted by Crippen LogP contribution is 2.29. The summed E-state index contributed by atoms with van der Waals surface area (Å²) >= 11 is 1.78. The maximum atomic E-state index is 5.79. The first-order valence-electron chi connectivity index (χ1n) is 7.60. The van der Waals surface area contributed by atoms with Gasteiger partial charge < -0.3 is 15.0 Å². The molecule has 1 aromatic heterocycles. The molecule has 0 aliphatic carbocycles. The molecule has 0 spiro atoms. The van der Waals surface area contributed by atoms with Gasteiger partial charge in [-0.05, 0) is 42.3 Å². The molecule has 1 atom stereocenters. The van der Waals surface area contributed by atoms with E-state index in [1.807, 2.05) is 0 Å². The highest BCUT2D eigenvalue weighted by molar-refractivity contribution is 7.07. The molecule has 0 amide bonds. The normalized spacial score (nSPS) is 23.6. The number of nitrogens with zero attached hydrogens (tertiary/aromatic N) is 1. The summed E-state index contributed by atoms with van der Waals surface area (Å²) in [6.45, 7) is 9.44. The maximum Gasteiger partial charge on any atom is 0.0546 e. The molecule has 1 aromatic rings. The largest absolute Gasteiger partial charge is 0.381 e. The zero-order valence-electron chi connectivity index (χ0n) is 13.0. The zero-order chi connectivity index (χ0) is 14.4. The summed E-state index contributed by atoms with van der Waals surface area (Å²) in [6, 6.07) is 2.76. The fraction of sp³-hybridized carbons (Fsp3) is 0.750. The van der Waals surface area contributed by atoms with Gasteiger partial charge in [-0.3, -0.25) is 0 Å². The molecule has 0 saturated carbocycles. The summed E-state index contributed by atoms with van der Waals surface area (Å²) in [6.07, 6.45) is 2.45. The molecule has 2 rings (SSSR count). The number of hydrogen-bond acceptors (Lipinski definition) is 4. The zero-order valence-corrected chi connectivity index (χ0v) is 13.8. The van der Waals surface area contributed by atoms with Gasteiger partial charge in [-0.2, -0.15) is 11.3 Å². The molecule has 0 bridgehead atoms. The average Bonchev–Trinajstić information content (AvgIpc) is 2.90. The quantitative estimate of drug-likeness (QED) is 0.837. The Labute approximate surface area is 127 Å². The predicted octanol–water partition coefficient (Wildman–Crippen LogP) is 2.97. The van der Waals surface area contributed by atoms with Gasteiger partial charge in [0.1, 0.15) is 0 Å². The third-order valence-electron chi connectivity index (χ3n) is 3.93. The topological polar surface area (TPSA) is 24.5 Å². The number of hydrogen-bond donors (Lipinski definition) is 1. The molecule has 2 heterocycles. The summed E-state index contributed by atoms with van der Waals surface area (Å²) in [7, 11) is 2.23. The van der Waals surface area contributed by atoms with Gasteiger partial charge in [-0.1, -0.05) is 13.8 Å². The second-order valence-corrected chi connectivity index (χ2v) is 7.28. The van der Waals surface area contributed by atoms with E-state index in [1.165, 1.54) is 18.4 Å². The van der Waals surface area contributed by atoms with Crippen LogP contribution in [0.3, 0.4) is 0 Å². The first-order chi connectivity index (χ1) is 9.60. The molecular formula is C16H28N2OS. The van der Waals surface area contributed by atoms with Gasteiger partial charge in [0.05, 0.1) is 6.61 Å². The van der Waals surface area contributed by atoms with Crippen LogP contribution >= 0.6 is 11.3 Å². The van der Waals surface area contributed by atoms with Gasteiger partial charge in [0.25, 0.3) is 0 Å². The molecule has 1 N–H and O–H groups in total. The van der Waals surface area contributed by atoms with E-state index in [0.29, 0.717) is 6.04 Å². The van der Waals surface area contributed by atoms with Crippen LogP contribution in [0.4, 0.5) is 0 Å². The minimum absolute atomic E-state index is 0.271. The molecule has 114 valence electrons. The maximum absolute atomic E-state index is 5.79. The smallest absolute Gasteiger partial charge is 0.0546 e. The molecule has 1 aliphatic rings. The number of thiophene rings is 1. The van der Waals surface area contributed by atoms with E-state index in [4.69, 9.17) is 4.74 Å². The van der Waals surface area contributed by atoms with E-state index in [9.17, 15) is 0 Å². The summed E-state index contributed by atoms with van der Waals surface area (Å²) in [5.74, 6) is 0. The Morgan fingerprint density at radius 2 is 2.35 bits per heavy atom. The lowest BCUT2D eigenvalue weighted by Gasteiger charge is -2.40. The second kappa shape index (κ2) is 7.55. The third kappa shape index (κ3) is 4.85. The van der Waals surface area contributed by atoms with Crippen LogP contribution in [0.25, 0.3) is 0 Å². The Balaban J connectivity index is 1.92. The summed E-state index contributed by atoms with van der Waals surface area (Å²) in [5, 5.41) is 8.01. The van der Waals surface area contributed by atoms with E-state index >= 15 is 0 Å². The Bertz CT molecular complexity index is 372. The van der Waals surface area contributed by atoms with E-state index < -0.39 is 0 Å². The summed E-state index contributed by atoms with van der Waals surface area (Å²) < 4.78 is 5.79. The fourth-order valence-electron chi connectivity index (χ4n) is 2.97. The first kappa shape index (κ1) is 16.0. The molecule has 1 aliphatic heterocycles. The van der Waals surface area contributed by atoms with Crippen LogP contribution in [0.1, 0.15) is 32.3 Å². The fourth-order valence-corrected chi connectivity index (χ4v) is 3.63. The molecule has 0 radical (unpaired) electrons. The van der Waals surface area contributed by atoms with Crippen LogP contribution in [0.2, 0.25) is 0 Å². The molecule has 3 nitrogen and oxygen atoms in total. The number of rotatable bonds is 7. The van der Waals surface area contributed by atoms with E-state index in [1.54, 1.807) is 11.3 Å². The van der Waals surface area contributed by atoms with Crippen LogP contribution in [0.5, 0.6) is 0 Å². The van der Waals surface area contributed by atoms with Crippen molar-refractivity contribution >= 4 is 11.3 Å². The Kier molecular flexibility index (Phi) is 6.02. The Hall–Kier alpha value is -0.420. The van der Waals surface area contributed by atoms with Crippen LogP contribution in [0, 0.1) is 5.41 Å². The minimum Gasteiger partial charge on any atom is -0.381 e. The Morgan fingerprint density at radius 1 is 1.50 bits per heavy atom. The molecule has 20 heavy (non-hydrogen) atoms. The van der Waals surface area contributed by atoms with Crippen molar-refractivity contribution in [3.63, 3.8) is 0 Å². The molecule has 4 heteroatoms.